The molecule has 4 N–H and O–H groups in total. The number of carbonyl (C=O) groups is 1. The average Bonchev–Trinajstić information content (AvgIpc) is 2.74. The number of nitrogen functional groups attached to an aromatic ring is 1. The van der Waals surface area contributed by atoms with Gasteiger partial charge in [0.15, 0.2) is 5.82 Å². The number of ether oxygens (including phenoxy) is 1. The first-order valence-electron chi connectivity index (χ1n) is 5.66. The SMILES string of the molecule is CCOC(=O)c1c(Nc2ccccc2F)n[nH]c1N. The van der Waals surface area contributed by atoms with Crippen LogP contribution >= 0.6 is 0 Å². The van der Waals surface area contributed by atoms with Crippen LogP contribution in [0.4, 0.5) is 21.7 Å². The Hall–Kier alpha value is -2.57. The molecule has 0 spiro atoms. The Morgan fingerprint density at radius 3 is 2.95 bits per heavy atom. The van der Waals surface area contributed by atoms with Gasteiger partial charge in [-0.05, 0) is 19.1 Å². The number of benzene rings is 1. The van der Waals surface area contributed by atoms with Gasteiger partial charge in [-0.15, -0.1) is 0 Å². The number of aromatic nitrogens is 2. The normalized spacial score (nSPS) is 10.2. The predicted molar refractivity (Wildman–Crippen MR) is 68.6 cm³/mol. The fourth-order valence-corrected chi connectivity index (χ4v) is 1.55. The minimum atomic E-state index is -0.618. The van der Waals surface area contributed by atoms with Crippen molar-refractivity contribution >= 4 is 23.3 Å². The quantitative estimate of drug-likeness (QED) is 0.735. The molecule has 0 aliphatic carbocycles. The van der Waals surface area contributed by atoms with Crippen molar-refractivity contribution in [1.29, 1.82) is 0 Å². The van der Waals surface area contributed by atoms with Crippen molar-refractivity contribution < 1.29 is 13.9 Å². The number of aromatic amines is 1. The van der Waals surface area contributed by atoms with E-state index in [4.69, 9.17) is 10.5 Å². The van der Waals surface area contributed by atoms with Crippen LogP contribution in [0.3, 0.4) is 0 Å². The van der Waals surface area contributed by atoms with Crippen LogP contribution in [0.5, 0.6) is 0 Å². The van der Waals surface area contributed by atoms with Gasteiger partial charge in [0.05, 0.1) is 12.3 Å². The fraction of sp³-hybridized carbons (Fsp3) is 0.167. The van der Waals surface area contributed by atoms with Crippen molar-refractivity contribution in [2.24, 2.45) is 0 Å². The highest BCUT2D eigenvalue weighted by Crippen LogP contribution is 2.24. The van der Waals surface area contributed by atoms with Crippen LogP contribution in [0.2, 0.25) is 0 Å². The standard InChI is InChI=1S/C12H13FN4O2/c1-2-19-12(18)9-10(14)16-17-11(9)15-8-6-4-3-5-7(8)13/h3-6H,2H2,1H3,(H4,14,15,16,17). The van der Waals surface area contributed by atoms with Gasteiger partial charge in [-0.1, -0.05) is 12.1 Å². The van der Waals surface area contributed by atoms with Crippen molar-refractivity contribution in [3.05, 3.63) is 35.6 Å². The Kier molecular flexibility index (Phi) is 3.65. The molecule has 0 atom stereocenters. The van der Waals surface area contributed by atoms with Crippen molar-refractivity contribution in [2.75, 3.05) is 17.7 Å². The number of rotatable bonds is 4. The summed E-state index contributed by atoms with van der Waals surface area (Å²) in [5, 5.41) is 8.99. The summed E-state index contributed by atoms with van der Waals surface area (Å²) in [6.45, 7) is 1.89. The maximum Gasteiger partial charge on any atom is 0.345 e. The Morgan fingerprint density at radius 2 is 2.26 bits per heavy atom. The topological polar surface area (TPSA) is 93.0 Å². The van der Waals surface area contributed by atoms with E-state index in [0.29, 0.717) is 0 Å². The van der Waals surface area contributed by atoms with Gasteiger partial charge in [-0.2, -0.15) is 5.10 Å². The summed E-state index contributed by atoms with van der Waals surface area (Å²) in [5.41, 5.74) is 5.87. The van der Waals surface area contributed by atoms with Crippen LogP contribution in [0.25, 0.3) is 0 Å². The van der Waals surface area contributed by atoms with E-state index in [1.54, 1.807) is 19.1 Å². The summed E-state index contributed by atoms with van der Waals surface area (Å²) in [6, 6.07) is 6.04. The number of nitrogens with zero attached hydrogens (tertiary/aromatic N) is 1. The van der Waals surface area contributed by atoms with E-state index >= 15 is 0 Å². The first kappa shape index (κ1) is 12.9. The van der Waals surface area contributed by atoms with E-state index in [-0.39, 0.29) is 29.5 Å². The third-order valence-electron chi connectivity index (χ3n) is 2.40. The number of carbonyl (C=O) groups excluding carboxylic acids is 1. The number of para-hydroxylation sites is 1. The first-order valence-corrected chi connectivity index (χ1v) is 5.66. The number of hydrogen-bond donors (Lipinski definition) is 3. The number of hydrogen-bond acceptors (Lipinski definition) is 5. The van der Waals surface area contributed by atoms with E-state index in [0.717, 1.165) is 0 Å². The molecule has 0 amide bonds. The summed E-state index contributed by atoms with van der Waals surface area (Å²) in [4.78, 5) is 11.7. The lowest BCUT2D eigenvalue weighted by Crippen LogP contribution is -2.09. The molecule has 2 rings (SSSR count). The summed E-state index contributed by atoms with van der Waals surface area (Å²) < 4.78 is 18.4. The molecule has 0 aliphatic rings. The minimum Gasteiger partial charge on any atom is -0.462 e. The molecule has 7 heteroatoms. The summed E-state index contributed by atoms with van der Waals surface area (Å²) in [7, 11) is 0. The van der Waals surface area contributed by atoms with E-state index in [2.05, 4.69) is 15.5 Å². The first-order chi connectivity index (χ1) is 9.13. The zero-order valence-corrected chi connectivity index (χ0v) is 10.2. The smallest absolute Gasteiger partial charge is 0.345 e. The number of halogens is 1. The highest BCUT2D eigenvalue weighted by Gasteiger charge is 2.20. The van der Waals surface area contributed by atoms with E-state index in [9.17, 15) is 9.18 Å². The molecule has 100 valence electrons. The molecule has 0 fully saturated rings. The molecule has 6 nitrogen and oxygen atoms in total. The van der Waals surface area contributed by atoms with Gasteiger partial charge in [0, 0.05) is 0 Å². The Labute approximate surface area is 108 Å². The zero-order valence-electron chi connectivity index (χ0n) is 10.2. The Morgan fingerprint density at radius 1 is 1.53 bits per heavy atom. The van der Waals surface area contributed by atoms with Gasteiger partial charge >= 0.3 is 5.97 Å². The molecule has 0 saturated heterocycles. The number of anilines is 3. The third kappa shape index (κ3) is 2.65. The lowest BCUT2D eigenvalue weighted by molar-refractivity contribution is 0.0529. The van der Waals surface area contributed by atoms with Gasteiger partial charge < -0.3 is 15.8 Å². The molecule has 0 bridgehead atoms. The summed E-state index contributed by atoms with van der Waals surface area (Å²) in [5.74, 6) is -0.884. The molecular weight excluding hydrogens is 251 g/mol. The maximum absolute atomic E-state index is 13.5. The van der Waals surface area contributed by atoms with E-state index in [1.165, 1.54) is 12.1 Å². The number of nitrogens with one attached hydrogen (secondary N) is 2. The molecule has 0 unspecified atom stereocenters. The van der Waals surface area contributed by atoms with Crippen LogP contribution < -0.4 is 11.1 Å². The highest BCUT2D eigenvalue weighted by molar-refractivity contribution is 6.00. The minimum absolute atomic E-state index is 0.0603. The highest BCUT2D eigenvalue weighted by atomic mass is 19.1. The second-order valence-electron chi connectivity index (χ2n) is 3.69. The van der Waals surface area contributed by atoms with Crippen LogP contribution in [0.1, 0.15) is 17.3 Å². The molecule has 1 aromatic carbocycles. The summed E-state index contributed by atoms with van der Waals surface area (Å²) in [6.07, 6.45) is 0. The third-order valence-corrected chi connectivity index (χ3v) is 2.40. The van der Waals surface area contributed by atoms with Crippen LogP contribution in [0, 0.1) is 5.82 Å². The molecule has 0 aliphatic heterocycles. The van der Waals surface area contributed by atoms with E-state index < -0.39 is 11.8 Å². The van der Waals surface area contributed by atoms with Gasteiger partial charge in [0.1, 0.15) is 17.2 Å². The number of H-pyrrole nitrogens is 1. The molecule has 0 radical (unpaired) electrons. The van der Waals surface area contributed by atoms with Crippen LogP contribution in [0.15, 0.2) is 24.3 Å². The lowest BCUT2D eigenvalue weighted by atomic mass is 10.2. The fourth-order valence-electron chi connectivity index (χ4n) is 1.55. The Bertz CT molecular complexity index is 597. The van der Waals surface area contributed by atoms with Gasteiger partial charge in [0.2, 0.25) is 0 Å². The van der Waals surface area contributed by atoms with Crippen LogP contribution in [-0.4, -0.2) is 22.8 Å². The van der Waals surface area contributed by atoms with Crippen molar-refractivity contribution in [1.82, 2.24) is 10.2 Å². The van der Waals surface area contributed by atoms with Gasteiger partial charge in [0.25, 0.3) is 0 Å². The average molecular weight is 264 g/mol. The molecule has 0 saturated carbocycles. The van der Waals surface area contributed by atoms with Crippen molar-refractivity contribution in [2.45, 2.75) is 6.92 Å². The van der Waals surface area contributed by atoms with Crippen LogP contribution in [-0.2, 0) is 4.74 Å². The zero-order chi connectivity index (χ0) is 13.8. The molecule has 2 aromatic rings. The Balaban J connectivity index is 2.31. The van der Waals surface area contributed by atoms with Gasteiger partial charge in [-0.3, -0.25) is 5.10 Å². The van der Waals surface area contributed by atoms with E-state index in [1.807, 2.05) is 0 Å². The summed E-state index contributed by atoms with van der Waals surface area (Å²) >= 11 is 0. The molecule has 1 aromatic heterocycles. The maximum atomic E-state index is 13.5. The van der Waals surface area contributed by atoms with Crippen molar-refractivity contribution in [3.63, 3.8) is 0 Å². The lowest BCUT2D eigenvalue weighted by Gasteiger charge is -2.07. The predicted octanol–water partition coefficient (Wildman–Crippen LogP) is 2.05. The molecular formula is C12H13FN4O2. The van der Waals surface area contributed by atoms with Gasteiger partial charge in [-0.25, -0.2) is 9.18 Å². The number of nitrogens with two attached hydrogens (primary N) is 1. The number of esters is 1. The molecule has 1 heterocycles. The monoisotopic (exact) mass is 264 g/mol. The second kappa shape index (κ2) is 5.38. The van der Waals surface area contributed by atoms with Crippen molar-refractivity contribution in [3.8, 4) is 0 Å². The largest absolute Gasteiger partial charge is 0.462 e. The molecule has 19 heavy (non-hydrogen) atoms. The second-order valence-corrected chi connectivity index (χ2v) is 3.69.